The van der Waals surface area contributed by atoms with E-state index in [1.54, 1.807) is 0 Å². The molecule has 0 aromatic heterocycles. The van der Waals surface area contributed by atoms with Crippen molar-refractivity contribution >= 4 is 21.8 Å². The van der Waals surface area contributed by atoms with Crippen LogP contribution in [0.15, 0.2) is 12.1 Å². The Bertz CT molecular complexity index is 1310. The number of amides is 2. The van der Waals surface area contributed by atoms with E-state index in [-0.39, 0.29) is 49.6 Å². The third-order valence-electron chi connectivity index (χ3n) is 11.0. The lowest BCUT2D eigenvalue weighted by Crippen LogP contribution is -2.61. The van der Waals surface area contributed by atoms with Gasteiger partial charge in [0.05, 0.1) is 5.25 Å². The monoisotopic (exact) mass is 571 g/mol. The second-order valence-corrected chi connectivity index (χ2v) is 15.1. The van der Waals surface area contributed by atoms with E-state index in [0.29, 0.717) is 31.7 Å². The number of carbonyl (C=O) groups excluding carboxylic acids is 2. The summed E-state index contributed by atoms with van der Waals surface area (Å²) in [6.45, 7) is 6.50. The highest BCUT2D eigenvalue weighted by molar-refractivity contribution is 7.89. The third-order valence-corrected chi connectivity index (χ3v) is 13.6. The van der Waals surface area contributed by atoms with Crippen molar-refractivity contribution in [2.45, 2.75) is 101 Å². The molecule has 1 aliphatic carbocycles. The van der Waals surface area contributed by atoms with E-state index < -0.39 is 20.7 Å². The van der Waals surface area contributed by atoms with Gasteiger partial charge in [0, 0.05) is 56.0 Å². The lowest BCUT2D eigenvalue weighted by atomic mass is 9.75. The number of ether oxygens (including phenoxy) is 2. The van der Waals surface area contributed by atoms with Crippen LogP contribution in [0.25, 0.3) is 0 Å². The Labute approximate surface area is 237 Å². The quantitative estimate of drug-likeness (QED) is 0.510. The van der Waals surface area contributed by atoms with Crippen LogP contribution in [0.1, 0.15) is 88.8 Å². The molecule has 0 N–H and O–H groups in total. The first kappa shape index (κ1) is 26.7. The van der Waals surface area contributed by atoms with Crippen LogP contribution in [-0.2, 0) is 26.0 Å². The summed E-state index contributed by atoms with van der Waals surface area (Å²) in [4.78, 5) is 30.5. The molecule has 0 bridgehead atoms. The average Bonchev–Trinajstić information content (AvgIpc) is 3.56. The first-order chi connectivity index (χ1) is 19.2. The van der Waals surface area contributed by atoms with Crippen molar-refractivity contribution in [1.29, 1.82) is 0 Å². The minimum Gasteiger partial charge on any atom is -0.454 e. The molecule has 1 aromatic rings. The number of rotatable bonds is 4. The van der Waals surface area contributed by atoms with Gasteiger partial charge in [-0.3, -0.25) is 19.4 Å². The Morgan fingerprint density at radius 3 is 2.55 bits per heavy atom. The second kappa shape index (κ2) is 9.70. The van der Waals surface area contributed by atoms with Crippen molar-refractivity contribution in [2.24, 2.45) is 11.3 Å². The third kappa shape index (κ3) is 4.03. The molecule has 40 heavy (non-hydrogen) atoms. The Balaban J connectivity index is 1.18. The molecule has 0 radical (unpaired) electrons. The highest BCUT2D eigenvalue weighted by atomic mass is 32.2. The summed E-state index contributed by atoms with van der Waals surface area (Å²) in [5.41, 5.74) is 1.73. The second-order valence-electron chi connectivity index (χ2n) is 13.0. The Morgan fingerprint density at radius 2 is 1.80 bits per heavy atom. The number of nitrogens with zero attached hydrogens (tertiary/aromatic N) is 3. The Kier molecular flexibility index (Phi) is 6.48. The minimum atomic E-state index is -3.71. The van der Waals surface area contributed by atoms with Gasteiger partial charge in [-0.1, -0.05) is 13.3 Å². The smallest absolute Gasteiger partial charge is 0.231 e. The van der Waals surface area contributed by atoms with E-state index in [1.165, 1.54) is 16.0 Å². The summed E-state index contributed by atoms with van der Waals surface area (Å²) in [6, 6.07) is 4.15. The van der Waals surface area contributed by atoms with Crippen molar-refractivity contribution in [3.05, 3.63) is 23.3 Å². The molecule has 5 aliphatic heterocycles. The van der Waals surface area contributed by atoms with E-state index in [9.17, 15) is 18.0 Å². The standard InChI is InChI=1S/C30H41N3O6S/c1-3-19(2)33-28(34)15-30(16-29(33)35)9-4-7-27(30)40(36,37)32-10-5-6-21-17-31-11-8-20-12-25-26(39-18-38-25)13-22(20)24(31)14-23(21)32/h12-13,19,21,23-24,27H,3-11,14-18H2,1-2H3/t19?,21-,23+,24+,27?/m1/s1. The molecule has 10 heteroatoms. The number of piperidine rings is 3. The van der Waals surface area contributed by atoms with Gasteiger partial charge in [0.25, 0.3) is 0 Å². The van der Waals surface area contributed by atoms with Gasteiger partial charge in [-0.15, -0.1) is 0 Å². The van der Waals surface area contributed by atoms with E-state index in [4.69, 9.17) is 9.47 Å². The molecule has 1 saturated carbocycles. The topological polar surface area (TPSA) is 96.5 Å². The van der Waals surface area contributed by atoms with Crippen molar-refractivity contribution in [2.75, 3.05) is 26.4 Å². The summed E-state index contributed by atoms with van der Waals surface area (Å²) in [5.74, 6) is 1.48. The average molecular weight is 572 g/mol. The molecule has 2 amide bonds. The largest absolute Gasteiger partial charge is 0.454 e. The first-order valence-electron chi connectivity index (χ1n) is 15.2. The van der Waals surface area contributed by atoms with Gasteiger partial charge in [-0.2, -0.15) is 4.31 Å². The van der Waals surface area contributed by atoms with Crippen molar-refractivity contribution in [1.82, 2.24) is 14.1 Å². The Hall–Kier alpha value is -2.17. The summed E-state index contributed by atoms with van der Waals surface area (Å²) in [6.07, 6.45) is 6.52. The SMILES string of the molecule is CCC(C)N1C(=O)CC2(CCCC2S(=O)(=O)N2CCC[C@@H]3CN4CCc5cc6c(cc5[C@@H]4C[C@@H]32)OCO6)CC1=O. The zero-order valence-corrected chi connectivity index (χ0v) is 24.5. The number of sulfonamides is 1. The van der Waals surface area contributed by atoms with E-state index in [1.807, 2.05) is 18.2 Å². The number of fused-ring (bicyclic) bond motifs is 5. The van der Waals surface area contributed by atoms with Crippen molar-refractivity contribution in [3.8, 4) is 11.5 Å². The van der Waals surface area contributed by atoms with Crippen LogP contribution in [0.2, 0.25) is 0 Å². The summed E-state index contributed by atoms with van der Waals surface area (Å²) in [7, 11) is -3.71. The maximum Gasteiger partial charge on any atom is 0.231 e. The van der Waals surface area contributed by atoms with Crippen LogP contribution in [0, 0.1) is 11.3 Å². The van der Waals surface area contributed by atoms with Gasteiger partial charge in [0.15, 0.2) is 11.5 Å². The van der Waals surface area contributed by atoms with Crippen LogP contribution in [0.3, 0.4) is 0 Å². The predicted octanol–water partition coefficient (Wildman–Crippen LogP) is 3.62. The molecule has 5 heterocycles. The maximum absolute atomic E-state index is 14.6. The number of benzene rings is 1. The molecular formula is C30H41N3O6S. The number of hydrogen-bond acceptors (Lipinski definition) is 7. The fraction of sp³-hybridized carbons (Fsp3) is 0.733. The minimum absolute atomic E-state index is 0.0689. The molecular weight excluding hydrogens is 530 g/mol. The van der Waals surface area contributed by atoms with Crippen LogP contribution >= 0.6 is 0 Å². The van der Waals surface area contributed by atoms with Crippen molar-refractivity contribution < 1.29 is 27.5 Å². The molecule has 218 valence electrons. The van der Waals surface area contributed by atoms with Gasteiger partial charge in [-0.25, -0.2) is 8.42 Å². The van der Waals surface area contributed by atoms with Crippen LogP contribution in [0.4, 0.5) is 0 Å². The fourth-order valence-electron chi connectivity index (χ4n) is 8.90. The summed E-state index contributed by atoms with van der Waals surface area (Å²) >= 11 is 0. The van der Waals surface area contributed by atoms with Crippen LogP contribution in [-0.4, -0.2) is 78.1 Å². The number of likely N-dealkylation sites (tertiary alicyclic amines) is 1. The van der Waals surface area contributed by atoms with Crippen molar-refractivity contribution in [3.63, 3.8) is 0 Å². The van der Waals surface area contributed by atoms with Gasteiger partial charge >= 0.3 is 0 Å². The van der Waals surface area contributed by atoms with Crippen LogP contribution in [0.5, 0.6) is 11.5 Å². The zero-order valence-electron chi connectivity index (χ0n) is 23.6. The summed E-state index contributed by atoms with van der Waals surface area (Å²) in [5, 5.41) is -0.670. The van der Waals surface area contributed by atoms with E-state index in [2.05, 4.69) is 17.0 Å². The van der Waals surface area contributed by atoms with E-state index in [0.717, 1.165) is 56.7 Å². The molecule has 6 aliphatic rings. The fourth-order valence-corrected chi connectivity index (χ4v) is 11.6. The number of hydrogen-bond donors (Lipinski definition) is 0. The van der Waals surface area contributed by atoms with E-state index >= 15 is 0 Å². The maximum atomic E-state index is 14.6. The summed E-state index contributed by atoms with van der Waals surface area (Å²) < 4.78 is 42.4. The lowest BCUT2D eigenvalue weighted by molar-refractivity contribution is -0.155. The van der Waals surface area contributed by atoms with Crippen LogP contribution < -0.4 is 9.47 Å². The molecule has 2 unspecified atom stereocenters. The predicted molar refractivity (Wildman–Crippen MR) is 148 cm³/mol. The molecule has 1 aromatic carbocycles. The number of imide groups is 1. The molecule has 3 saturated heterocycles. The highest BCUT2D eigenvalue weighted by Crippen LogP contribution is 2.53. The first-order valence-corrected chi connectivity index (χ1v) is 16.7. The molecule has 1 spiro atoms. The van der Waals surface area contributed by atoms with Gasteiger partial charge < -0.3 is 9.47 Å². The molecule has 7 rings (SSSR count). The molecule has 4 fully saturated rings. The lowest BCUT2D eigenvalue weighted by Gasteiger charge is -2.53. The molecule has 5 atom stereocenters. The van der Waals surface area contributed by atoms with Gasteiger partial charge in [0.1, 0.15) is 0 Å². The number of carbonyl (C=O) groups is 2. The Morgan fingerprint density at radius 1 is 1.05 bits per heavy atom. The zero-order chi connectivity index (χ0) is 27.8. The van der Waals surface area contributed by atoms with Gasteiger partial charge in [-0.05, 0) is 81.0 Å². The van der Waals surface area contributed by atoms with Gasteiger partial charge in [0.2, 0.25) is 28.6 Å². The highest BCUT2D eigenvalue weighted by Gasteiger charge is 2.58. The normalized spacial score (nSPS) is 32.6. The molecule has 9 nitrogen and oxygen atoms in total.